The van der Waals surface area contributed by atoms with Crippen molar-refractivity contribution in [3.63, 3.8) is 0 Å². The topological polar surface area (TPSA) is 40.5 Å². The highest BCUT2D eigenvalue weighted by atomic mass is 16.3. The van der Waals surface area contributed by atoms with Gasteiger partial charge in [-0.15, -0.1) is 0 Å². The van der Waals surface area contributed by atoms with E-state index in [0.29, 0.717) is 11.7 Å². The minimum atomic E-state index is 0.0613. The first-order valence-corrected chi connectivity index (χ1v) is 6.15. The maximum absolute atomic E-state index is 9.98. The van der Waals surface area contributed by atoms with E-state index < -0.39 is 0 Å². The van der Waals surface area contributed by atoms with Gasteiger partial charge in [-0.1, -0.05) is 19.3 Å². The summed E-state index contributed by atoms with van der Waals surface area (Å²) in [5.41, 5.74) is 2.95. The molecule has 2 rings (SSSR count). The van der Waals surface area contributed by atoms with E-state index in [2.05, 4.69) is 0 Å². The molecule has 2 nitrogen and oxygen atoms in total. The zero-order valence-corrected chi connectivity index (χ0v) is 9.87. The molecule has 1 saturated carbocycles. The van der Waals surface area contributed by atoms with Crippen molar-refractivity contribution in [3.8, 4) is 5.75 Å². The fraction of sp³-hybridized carbons (Fsp3) is 0.571. The summed E-state index contributed by atoms with van der Waals surface area (Å²) >= 11 is 0. The van der Waals surface area contributed by atoms with E-state index in [1.54, 1.807) is 6.07 Å². The Balaban J connectivity index is 2.31. The highest BCUT2D eigenvalue weighted by Gasteiger charge is 2.19. The summed E-state index contributed by atoms with van der Waals surface area (Å²) in [5, 5.41) is 19.2. The zero-order chi connectivity index (χ0) is 11.5. The Bertz CT molecular complexity index is 365. The number of benzene rings is 1. The lowest BCUT2D eigenvalue weighted by molar-refractivity contribution is 0.280. The molecule has 0 atom stereocenters. The summed E-state index contributed by atoms with van der Waals surface area (Å²) in [6.45, 7) is 1.99. The molecule has 0 bridgehead atoms. The van der Waals surface area contributed by atoms with Crippen LogP contribution in [0.25, 0.3) is 0 Å². The lowest BCUT2D eigenvalue weighted by Gasteiger charge is -2.23. The largest absolute Gasteiger partial charge is 0.508 e. The van der Waals surface area contributed by atoms with E-state index in [-0.39, 0.29) is 6.61 Å². The van der Waals surface area contributed by atoms with Crippen LogP contribution in [0.3, 0.4) is 0 Å². The third-order valence-corrected chi connectivity index (χ3v) is 3.70. The number of rotatable bonds is 2. The van der Waals surface area contributed by atoms with Gasteiger partial charge < -0.3 is 10.2 Å². The molecule has 0 unspecified atom stereocenters. The van der Waals surface area contributed by atoms with Crippen LogP contribution in [-0.4, -0.2) is 10.2 Å². The number of aryl methyl sites for hydroxylation is 1. The van der Waals surface area contributed by atoms with E-state index in [9.17, 15) is 10.2 Å². The molecule has 0 aliphatic heterocycles. The number of aromatic hydroxyl groups is 1. The molecule has 0 heterocycles. The minimum absolute atomic E-state index is 0.0613. The Morgan fingerprint density at radius 1 is 1.19 bits per heavy atom. The lowest BCUT2D eigenvalue weighted by atomic mass is 9.82. The van der Waals surface area contributed by atoms with E-state index in [1.165, 1.54) is 32.1 Å². The van der Waals surface area contributed by atoms with Crippen LogP contribution in [0, 0.1) is 6.92 Å². The Morgan fingerprint density at radius 3 is 2.50 bits per heavy atom. The van der Waals surface area contributed by atoms with Gasteiger partial charge in [-0.25, -0.2) is 0 Å². The molecule has 1 fully saturated rings. The number of aliphatic hydroxyl groups is 1. The fourth-order valence-electron chi connectivity index (χ4n) is 2.67. The van der Waals surface area contributed by atoms with Crippen molar-refractivity contribution in [1.29, 1.82) is 0 Å². The van der Waals surface area contributed by atoms with Gasteiger partial charge in [0.15, 0.2) is 0 Å². The van der Waals surface area contributed by atoms with Crippen molar-refractivity contribution in [2.75, 3.05) is 0 Å². The molecule has 1 aromatic carbocycles. The number of hydrogen-bond donors (Lipinski definition) is 2. The third kappa shape index (κ3) is 2.22. The average molecular weight is 220 g/mol. The molecule has 0 saturated heterocycles. The van der Waals surface area contributed by atoms with E-state index >= 15 is 0 Å². The standard InChI is InChI=1S/C14H20O2/c1-10-7-14(16)13(8-12(10)9-15)11-5-3-2-4-6-11/h7-8,11,15-16H,2-6,9H2,1H3. The molecule has 1 aliphatic carbocycles. The molecular formula is C14H20O2. The van der Waals surface area contributed by atoms with Gasteiger partial charge in [0.2, 0.25) is 0 Å². The third-order valence-electron chi connectivity index (χ3n) is 3.70. The summed E-state index contributed by atoms with van der Waals surface area (Å²) in [5.74, 6) is 0.890. The van der Waals surface area contributed by atoms with Crippen LogP contribution in [0.1, 0.15) is 54.7 Å². The maximum Gasteiger partial charge on any atom is 0.119 e. The van der Waals surface area contributed by atoms with E-state index in [4.69, 9.17) is 0 Å². The number of phenols is 1. The van der Waals surface area contributed by atoms with Gasteiger partial charge in [0.05, 0.1) is 6.61 Å². The molecular weight excluding hydrogens is 200 g/mol. The molecule has 0 aromatic heterocycles. The van der Waals surface area contributed by atoms with Crippen LogP contribution >= 0.6 is 0 Å². The molecule has 1 aliphatic rings. The Kier molecular flexibility index (Phi) is 3.49. The van der Waals surface area contributed by atoms with Crippen LogP contribution < -0.4 is 0 Å². The predicted octanol–water partition coefficient (Wildman–Crippen LogP) is 3.24. The fourth-order valence-corrected chi connectivity index (χ4v) is 2.67. The number of hydrogen-bond acceptors (Lipinski definition) is 2. The maximum atomic E-state index is 9.98. The molecule has 2 heteroatoms. The summed E-state index contributed by atoms with van der Waals surface area (Å²) < 4.78 is 0. The second kappa shape index (κ2) is 4.88. The highest BCUT2D eigenvalue weighted by Crippen LogP contribution is 2.38. The first-order valence-electron chi connectivity index (χ1n) is 6.15. The Hall–Kier alpha value is -1.02. The molecule has 0 spiro atoms. The van der Waals surface area contributed by atoms with Crippen LogP contribution in [0.15, 0.2) is 12.1 Å². The summed E-state index contributed by atoms with van der Waals surface area (Å²) in [7, 11) is 0. The van der Waals surface area contributed by atoms with E-state index in [0.717, 1.165) is 16.7 Å². The van der Waals surface area contributed by atoms with Gasteiger partial charge >= 0.3 is 0 Å². The smallest absolute Gasteiger partial charge is 0.119 e. The molecule has 88 valence electrons. The van der Waals surface area contributed by atoms with Crippen LogP contribution in [-0.2, 0) is 6.61 Å². The van der Waals surface area contributed by atoms with Gasteiger partial charge in [-0.2, -0.15) is 0 Å². The molecule has 1 aromatic rings. The van der Waals surface area contributed by atoms with Crippen LogP contribution in [0.4, 0.5) is 0 Å². The van der Waals surface area contributed by atoms with Crippen LogP contribution in [0.2, 0.25) is 0 Å². The monoisotopic (exact) mass is 220 g/mol. The van der Waals surface area contributed by atoms with Crippen molar-refractivity contribution in [2.24, 2.45) is 0 Å². The van der Waals surface area contributed by atoms with Crippen molar-refractivity contribution in [2.45, 2.75) is 51.6 Å². The first-order chi connectivity index (χ1) is 7.72. The normalized spacial score (nSPS) is 17.6. The summed E-state index contributed by atoms with van der Waals surface area (Å²) in [6, 6.07) is 3.77. The minimum Gasteiger partial charge on any atom is -0.508 e. The van der Waals surface area contributed by atoms with Gasteiger partial charge in [0, 0.05) is 0 Å². The Labute approximate surface area is 96.9 Å². The number of phenolic OH excluding ortho intramolecular Hbond substituents is 1. The lowest BCUT2D eigenvalue weighted by Crippen LogP contribution is -2.06. The second-order valence-electron chi connectivity index (χ2n) is 4.83. The van der Waals surface area contributed by atoms with Crippen molar-refractivity contribution in [3.05, 3.63) is 28.8 Å². The molecule has 0 amide bonds. The van der Waals surface area contributed by atoms with Crippen molar-refractivity contribution < 1.29 is 10.2 Å². The van der Waals surface area contributed by atoms with Crippen molar-refractivity contribution in [1.82, 2.24) is 0 Å². The van der Waals surface area contributed by atoms with Crippen molar-refractivity contribution >= 4 is 0 Å². The predicted molar refractivity (Wildman–Crippen MR) is 64.6 cm³/mol. The van der Waals surface area contributed by atoms with E-state index in [1.807, 2.05) is 13.0 Å². The number of aliphatic hydroxyl groups excluding tert-OH is 1. The van der Waals surface area contributed by atoms with Gasteiger partial charge in [-0.05, 0) is 54.5 Å². The summed E-state index contributed by atoms with van der Waals surface area (Å²) in [6.07, 6.45) is 6.16. The van der Waals surface area contributed by atoms with Gasteiger partial charge in [0.25, 0.3) is 0 Å². The average Bonchev–Trinajstić information content (AvgIpc) is 2.30. The first kappa shape index (κ1) is 11.5. The molecule has 16 heavy (non-hydrogen) atoms. The van der Waals surface area contributed by atoms with Gasteiger partial charge in [-0.3, -0.25) is 0 Å². The molecule has 0 radical (unpaired) electrons. The SMILES string of the molecule is Cc1cc(O)c(C2CCCCC2)cc1CO. The summed E-state index contributed by atoms with van der Waals surface area (Å²) in [4.78, 5) is 0. The Morgan fingerprint density at radius 2 is 1.88 bits per heavy atom. The van der Waals surface area contributed by atoms with Crippen LogP contribution in [0.5, 0.6) is 5.75 Å². The quantitative estimate of drug-likeness (QED) is 0.803. The van der Waals surface area contributed by atoms with Gasteiger partial charge in [0.1, 0.15) is 5.75 Å². The second-order valence-corrected chi connectivity index (χ2v) is 4.83. The highest BCUT2D eigenvalue weighted by molar-refractivity contribution is 5.43. The zero-order valence-electron chi connectivity index (χ0n) is 9.87. The molecule has 2 N–H and O–H groups in total.